The van der Waals surface area contributed by atoms with Crippen molar-refractivity contribution in [2.24, 2.45) is 0 Å². The average molecular weight is 275 g/mol. The van der Waals surface area contributed by atoms with Gasteiger partial charge in [0.05, 0.1) is 16.6 Å². The molecular weight excluding hydrogens is 264 g/mol. The summed E-state index contributed by atoms with van der Waals surface area (Å²) in [5.41, 5.74) is 2.83. The van der Waals surface area contributed by atoms with Crippen LogP contribution in [0.25, 0.3) is 16.7 Å². The minimum Gasteiger partial charge on any atom is -0.478 e. The van der Waals surface area contributed by atoms with Crippen molar-refractivity contribution >= 4 is 29.4 Å². The minimum absolute atomic E-state index is 0. The van der Waals surface area contributed by atoms with Gasteiger partial charge in [0.1, 0.15) is 6.33 Å². The first-order valence-corrected chi connectivity index (χ1v) is 5.51. The van der Waals surface area contributed by atoms with E-state index >= 15 is 0 Å². The van der Waals surface area contributed by atoms with E-state index in [4.69, 9.17) is 5.11 Å². The summed E-state index contributed by atoms with van der Waals surface area (Å²) in [6.45, 7) is 0. The molecule has 0 radical (unpaired) electrons. The summed E-state index contributed by atoms with van der Waals surface area (Å²) >= 11 is 0. The Kier molecular flexibility index (Phi) is 3.53. The standard InChI is InChI=1S/C14H10N2O2.ClH/c17-14(18)10-6-7-13-12(8-10)15-9-16(13)11-4-2-1-3-5-11;/h1-9H,(H,17,18);1H. The van der Waals surface area contributed by atoms with Crippen molar-refractivity contribution in [1.82, 2.24) is 9.55 Å². The van der Waals surface area contributed by atoms with Gasteiger partial charge in [0, 0.05) is 5.69 Å². The van der Waals surface area contributed by atoms with Crippen molar-refractivity contribution in [2.45, 2.75) is 0 Å². The molecule has 96 valence electrons. The fourth-order valence-corrected chi connectivity index (χ4v) is 1.94. The highest BCUT2D eigenvalue weighted by atomic mass is 35.5. The number of benzene rings is 2. The number of carboxylic acids is 1. The third-order valence-electron chi connectivity index (χ3n) is 2.83. The van der Waals surface area contributed by atoms with Gasteiger partial charge >= 0.3 is 5.97 Å². The maximum atomic E-state index is 10.9. The van der Waals surface area contributed by atoms with E-state index in [0.29, 0.717) is 5.52 Å². The second-order valence-corrected chi connectivity index (χ2v) is 3.96. The molecule has 0 aliphatic rings. The molecule has 3 aromatic rings. The van der Waals surface area contributed by atoms with Gasteiger partial charge in [-0.05, 0) is 30.3 Å². The molecule has 0 aliphatic carbocycles. The minimum atomic E-state index is -0.939. The first-order valence-electron chi connectivity index (χ1n) is 5.51. The van der Waals surface area contributed by atoms with Crippen LogP contribution in [0.3, 0.4) is 0 Å². The van der Waals surface area contributed by atoms with Gasteiger partial charge in [0.15, 0.2) is 0 Å². The predicted octanol–water partition coefficient (Wildman–Crippen LogP) is 3.15. The zero-order valence-corrected chi connectivity index (χ0v) is 10.7. The van der Waals surface area contributed by atoms with E-state index in [1.807, 2.05) is 34.9 Å². The third-order valence-corrected chi connectivity index (χ3v) is 2.83. The number of fused-ring (bicyclic) bond motifs is 1. The smallest absolute Gasteiger partial charge is 0.335 e. The van der Waals surface area contributed by atoms with Crippen molar-refractivity contribution in [2.75, 3.05) is 0 Å². The van der Waals surface area contributed by atoms with Crippen molar-refractivity contribution in [1.29, 1.82) is 0 Å². The number of carbonyl (C=O) groups is 1. The molecule has 0 bridgehead atoms. The molecule has 3 rings (SSSR count). The highest BCUT2D eigenvalue weighted by molar-refractivity contribution is 5.92. The van der Waals surface area contributed by atoms with E-state index in [0.717, 1.165) is 11.2 Å². The molecule has 0 saturated carbocycles. The Morgan fingerprint density at radius 1 is 1.11 bits per heavy atom. The predicted molar refractivity (Wildman–Crippen MR) is 75.3 cm³/mol. The van der Waals surface area contributed by atoms with Crippen LogP contribution in [-0.2, 0) is 0 Å². The van der Waals surface area contributed by atoms with Crippen LogP contribution in [0, 0.1) is 0 Å². The van der Waals surface area contributed by atoms with Crippen LogP contribution in [0.5, 0.6) is 0 Å². The number of aromatic nitrogens is 2. The van der Waals surface area contributed by atoms with Crippen molar-refractivity contribution < 1.29 is 9.90 Å². The monoisotopic (exact) mass is 274 g/mol. The van der Waals surface area contributed by atoms with Crippen LogP contribution in [0.15, 0.2) is 54.9 Å². The largest absolute Gasteiger partial charge is 0.478 e. The number of nitrogens with zero attached hydrogens (tertiary/aromatic N) is 2. The van der Waals surface area contributed by atoms with Crippen LogP contribution < -0.4 is 0 Å². The molecule has 0 saturated heterocycles. The number of hydrogen-bond acceptors (Lipinski definition) is 2. The molecule has 4 nitrogen and oxygen atoms in total. The zero-order valence-electron chi connectivity index (χ0n) is 9.85. The molecule has 0 spiro atoms. The van der Waals surface area contributed by atoms with Crippen LogP contribution in [0.4, 0.5) is 0 Å². The molecule has 2 aromatic carbocycles. The molecule has 0 fully saturated rings. The van der Waals surface area contributed by atoms with Gasteiger partial charge in [-0.25, -0.2) is 9.78 Å². The van der Waals surface area contributed by atoms with Gasteiger partial charge in [-0.3, -0.25) is 4.57 Å². The van der Waals surface area contributed by atoms with Crippen molar-refractivity contribution in [3.05, 3.63) is 60.4 Å². The van der Waals surface area contributed by atoms with Gasteiger partial charge in [-0.15, -0.1) is 12.4 Å². The number of imidazole rings is 1. The Morgan fingerprint density at radius 2 is 1.84 bits per heavy atom. The molecule has 0 unspecified atom stereocenters. The van der Waals surface area contributed by atoms with Crippen LogP contribution in [0.1, 0.15) is 10.4 Å². The molecule has 5 heteroatoms. The highest BCUT2D eigenvalue weighted by Crippen LogP contribution is 2.19. The van der Waals surface area contributed by atoms with Gasteiger partial charge < -0.3 is 5.11 Å². The number of aromatic carboxylic acids is 1. The summed E-state index contributed by atoms with van der Waals surface area (Å²) in [6, 6.07) is 14.8. The SMILES string of the molecule is Cl.O=C(O)c1ccc2c(c1)ncn2-c1ccccc1. The fourth-order valence-electron chi connectivity index (χ4n) is 1.94. The summed E-state index contributed by atoms with van der Waals surface area (Å²) in [7, 11) is 0. The van der Waals surface area contributed by atoms with Crippen molar-refractivity contribution in [3.63, 3.8) is 0 Å². The highest BCUT2D eigenvalue weighted by Gasteiger charge is 2.08. The van der Waals surface area contributed by atoms with Gasteiger partial charge in [0.2, 0.25) is 0 Å². The summed E-state index contributed by atoms with van der Waals surface area (Å²) in [5, 5.41) is 8.93. The molecule has 1 N–H and O–H groups in total. The quantitative estimate of drug-likeness (QED) is 0.781. The maximum absolute atomic E-state index is 10.9. The number of para-hydroxylation sites is 1. The second kappa shape index (κ2) is 5.12. The fraction of sp³-hybridized carbons (Fsp3) is 0. The van der Waals surface area contributed by atoms with E-state index in [1.54, 1.807) is 24.5 Å². The first kappa shape index (κ1) is 13.1. The normalized spacial score (nSPS) is 10.1. The third kappa shape index (κ3) is 2.30. The summed E-state index contributed by atoms with van der Waals surface area (Å²) in [5.74, 6) is -0.939. The Balaban J connectivity index is 0.00000133. The Morgan fingerprint density at radius 3 is 2.53 bits per heavy atom. The second-order valence-electron chi connectivity index (χ2n) is 3.96. The summed E-state index contributed by atoms with van der Waals surface area (Å²) in [6.07, 6.45) is 1.70. The topological polar surface area (TPSA) is 55.1 Å². The molecular formula is C14H11ClN2O2. The molecule has 1 heterocycles. The number of carboxylic acid groups (broad SMARTS) is 1. The van der Waals surface area contributed by atoms with E-state index in [9.17, 15) is 4.79 Å². The lowest BCUT2D eigenvalue weighted by atomic mass is 10.2. The Labute approximate surface area is 115 Å². The lowest BCUT2D eigenvalue weighted by Gasteiger charge is -2.03. The van der Waals surface area contributed by atoms with Gasteiger partial charge in [-0.1, -0.05) is 18.2 Å². The molecule has 0 amide bonds. The van der Waals surface area contributed by atoms with E-state index in [2.05, 4.69) is 4.98 Å². The first-order chi connectivity index (χ1) is 8.75. The molecule has 1 aromatic heterocycles. The van der Waals surface area contributed by atoms with Crippen LogP contribution in [0.2, 0.25) is 0 Å². The van der Waals surface area contributed by atoms with Gasteiger partial charge in [0.25, 0.3) is 0 Å². The zero-order chi connectivity index (χ0) is 12.5. The Hall–Kier alpha value is -2.33. The Bertz CT molecular complexity index is 723. The average Bonchev–Trinajstić information content (AvgIpc) is 2.82. The van der Waals surface area contributed by atoms with Crippen LogP contribution in [-0.4, -0.2) is 20.6 Å². The lowest BCUT2D eigenvalue weighted by molar-refractivity contribution is 0.0697. The van der Waals surface area contributed by atoms with Gasteiger partial charge in [-0.2, -0.15) is 0 Å². The van der Waals surface area contributed by atoms with E-state index in [1.165, 1.54) is 0 Å². The molecule has 0 aliphatic heterocycles. The molecule has 19 heavy (non-hydrogen) atoms. The van der Waals surface area contributed by atoms with Crippen molar-refractivity contribution in [3.8, 4) is 5.69 Å². The number of rotatable bonds is 2. The number of hydrogen-bond donors (Lipinski definition) is 1. The maximum Gasteiger partial charge on any atom is 0.335 e. The van der Waals surface area contributed by atoms with E-state index < -0.39 is 5.97 Å². The summed E-state index contributed by atoms with van der Waals surface area (Å²) < 4.78 is 1.93. The van der Waals surface area contributed by atoms with Crippen LogP contribution >= 0.6 is 12.4 Å². The van der Waals surface area contributed by atoms with E-state index in [-0.39, 0.29) is 18.0 Å². The number of halogens is 1. The summed E-state index contributed by atoms with van der Waals surface area (Å²) in [4.78, 5) is 15.1. The molecule has 0 atom stereocenters. The lowest BCUT2D eigenvalue weighted by Crippen LogP contribution is -1.96.